The topological polar surface area (TPSA) is 56.5 Å². The van der Waals surface area contributed by atoms with E-state index in [9.17, 15) is 0 Å². The van der Waals surface area contributed by atoms with E-state index in [0.29, 0.717) is 18.3 Å². The van der Waals surface area contributed by atoms with Gasteiger partial charge in [-0.3, -0.25) is 0 Å². The lowest BCUT2D eigenvalue weighted by molar-refractivity contribution is 0.394. The van der Waals surface area contributed by atoms with Crippen LogP contribution in [0.1, 0.15) is 19.5 Å². The van der Waals surface area contributed by atoms with Gasteiger partial charge in [0.05, 0.1) is 19.8 Å². The summed E-state index contributed by atoms with van der Waals surface area (Å²) in [5.74, 6) is 2.16. The molecule has 0 atom stereocenters. The molecule has 20 heavy (non-hydrogen) atoms. The molecule has 0 aliphatic heterocycles. The summed E-state index contributed by atoms with van der Waals surface area (Å²) in [4.78, 5) is 4.27. The van der Waals surface area contributed by atoms with Gasteiger partial charge in [-0.15, -0.1) is 0 Å². The Morgan fingerprint density at radius 3 is 2.70 bits per heavy atom. The van der Waals surface area contributed by atoms with Crippen LogP contribution in [0.2, 0.25) is 0 Å². The smallest absolute Gasteiger partial charge is 0.181 e. The molecule has 0 amide bonds. The minimum Gasteiger partial charge on any atom is -0.497 e. The standard InChI is InChI=1S/C15H20N2O3/c1-10(2)16-8-13-15(20-9-17-13)12-6-5-11(18-3)7-14(12)19-4/h5-7,9-10,16H,8H2,1-4H3. The number of hydrogen-bond acceptors (Lipinski definition) is 5. The molecule has 0 spiro atoms. The first-order valence-corrected chi connectivity index (χ1v) is 6.53. The van der Waals surface area contributed by atoms with Crippen molar-refractivity contribution in [1.82, 2.24) is 10.3 Å². The van der Waals surface area contributed by atoms with Gasteiger partial charge < -0.3 is 19.2 Å². The van der Waals surface area contributed by atoms with E-state index >= 15 is 0 Å². The quantitative estimate of drug-likeness (QED) is 0.879. The summed E-state index contributed by atoms with van der Waals surface area (Å²) >= 11 is 0. The van der Waals surface area contributed by atoms with Crippen LogP contribution < -0.4 is 14.8 Å². The van der Waals surface area contributed by atoms with Crippen molar-refractivity contribution in [3.05, 3.63) is 30.3 Å². The average Bonchev–Trinajstić information content (AvgIpc) is 2.92. The normalized spacial score (nSPS) is 10.8. The summed E-state index contributed by atoms with van der Waals surface area (Å²) in [6.45, 7) is 4.83. The highest BCUT2D eigenvalue weighted by Crippen LogP contribution is 2.34. The van der Waals surface area contributed by atoms with Crippen LogP contribution in [-0.2, 0) is 6.54 Å². The third kappa shape index (κ3) is 3.11. The molecule has 0 aliphatic carbocycles. The first kappa shape index (κ1) is 14.4. The molecule has 0 unspecified atom stereocenters. The minimum absolute atomic E-state index is 0.386. The Balaban J connectivity index is 2.34. The van der Waals surface area contributed by atoms with Crippen molar-refractivity contribution in [3.8, 4) is 22.8 Å². The molecule has 0 radical (unpaired) electrons. The van der Waals surface area contributed by atoms with Crippen molar-refractivity contribution < 1.29 is 13.9 Å². The molecule has 0 fully saturated rings. The molecule has 2 rings (SSSR count). The number of nitrogens with one attached hydrogen (secondary N) is 1. The molecule has 0 aliphatic rings. The number of nitrogens with zero attached hydrogens (tertiary/aromatic N) is 1. The summed E-state index contributed by atoms with van der Waals surface area (Å²) in [5.41, 5.74) is 1.73. The van der Waals surface area contributed by atoms with Crippen LogP contribution in [-0.4, -0.2) is 25.2 Å². The van der Waals surface area contributed by atoms with Gasteiger partial charge in [-0.05, 0) is 12.1 Å². The predicted octanol–water partition coefficient (Wildman–Crippen LogP) is 2.86. The van der Waals surface area contributed by atoms with Crippen LogP contribution in [0.3, 0.4) is 0 Å². The Morgan fingerprint density at radius 2 is 2.05 bits per heavy atom. The second-order valence-corrected chi connectivity index (χ2v) is 4.73. The molecule has 0 bridgehead atoms. The Kier molecular flexibility index (Phi) is 4.63. The fraction of sp³-hybridized carbons (Fsp3) is 0.400. The van der Waals surface area contributed by atoms with E-state index in [1.54, 1.807) is 14.2 Å². The van der Waals surface area contributed by atoms with Gasteiger partial charge in [0, 0.05) is 18.7 Å². The molecule has 1 aromatic carbocycles. The van der Waals surface area contributed by atoms with E-state index in [-0.39, 0.29) is 0 Å². The summed E-state index contributed by atoms with van der Waals surface area (Å²) in [7, 11) is 3.25. The Bertz CT molecular complexity index is 564. The van der Waals surface area contributed by atoms with E-state index < -0.39 is 0 Å². The Labute approximate surface area is 118 Å². The monoisotopic (exact) mass is 276 g/mol. The zero-order valence-electron chi connectivity index (χ0n) is 12.3. The lowest BCUT2D eigenvalue weighted by atomic mass is 10.1. The second kappa shape index (κ2) is 6.43. The molecule has 0 saturated heterocycles. The third-order valence-corrected chi connectivity index (χ3v) is 2.97. The van der Waals surface area contributed by atoms with Gasteiger partial charge in [-0.2, -0.15) is 0 Å². The fourth-order valence-electron chi connectivity index (χ4n) is 1.90. The number of oxazole rings is 1. The summed E-state index contributed by atoms with van der Waals surface area (Å²) in [6, 6.07) is 6.01. The molecule has 1 N–H and O–H groups in total. The minimum atomic E-state index is 0.386. The van der Waals surface area contributed by atoms with Crippen LogP contribution in [0.4, 0.5) is 0 Å². The van der Waals surface area contributed by atoms with Gasteiger partial charge >= 0.3 is 0 Å². The largest absolute Gasteiger partial charge is 0.497 e. The molecule has 1 heterocycles. The highest BCUT2D eigenvalue weighted by atomic mass is 16.5. The molecule has 0 saturated carbocycles. The van der Waals surface area contributed by atoms with Gasteiger partial charge in [0.25, 0.3) is 0 Å². The molecule has 108 valence electrons. The first-order valence-electron chi connectivity index (χ1n) is 6.53. The molecule has 2 aromatic rings. The van der Waals surface area contributed by atoms with Gasteiger partial charge in [-0.25, -0.2) is 4.98 Å². The first-order chi connectivity index (χ1) is 9.65. The molecular formula is C15H20N2O3. The van der Waals surface area contributed by atoms with Crippen molar-refractivity contribution in [2.45, 2.75) is 26.4 Å². The maximum absolute atomic E-state index is 5.53. The maximum Gasteiger partial charge on any atom is 0.181 e. The van der Waals surface area contributed by atoms with E-state index in [2.05, 4.69) is 24.1 Å². The number of rotatable bonds is 6. The number of hydrogen-bond donors (Lipinski definition) is 1. The van der Waals surface area contributed by atoms with Crippen molar-refractivity contribution in [3.63, 3.8) is 0 Å². The van der Waals surface area contributed by atoms with Crippen molar-refractivity contribution >= 4 is 0 Å². The Morgan fingerprint density at radius 1 is 1.25 bits per heavy atom. The summed E-state index contributed by atoms with van der Waals surface area (Å²) < 4.78 is 16.1. The molecular weight excluding hydrogens is 256 g/mol. The van der Waals surface area contributed by atoms with Crippen LogP contribution in [0, 0.1) is 0 Å². The van der Waals surface area contributed by atoms with Gasteiger partial charge in [0.1, 0.15) is 17.2 Å². The van der Waals surface area contributed by atoms with Crippen molar-refractivity contribution in [2.75, 3.05) is 14.2 Å². The predicted molar refractivity (Wildman–Crippen MR) is 77.0 cm³/mol. The zero-order chi connectivity index (χ0) is 14.5. The molecule has 5 heteroatoms. The van der Waals surface area contributed by atoms with Crippen LogP contribution in [0.5, 0.6) is 11.5 Å². The van der Waals surface area contributed by atoms with Gasteiger partial charge in [-0.1, -0.05) is 13.8 Å². The van der Waals surface area contributed by atoms with Crippen LogP contribution in [0.15, 0.2) is 29.0 Å². The molecule has 1 aromatic heterocycles. The maximum atomic E-state index is 5.53. The van der Waals surface area contributed by atoms with Gasteiger partial charge in [0.15, 0.2) is 12.2 Å². The highest BCUT2D eigenvalue weighted by Gasteiger charge is 2.16. The van der Waals surface area contributed by atoms with Crippen molar-refractivity contribution in [1.29, 1.82) is 0 Å². The van der Waals surface area contributed by atoms with E-state index in [1.165, 1.54) is 6.39 Å². The Hall–Kier alpha value is -2.01. The lowest BCUT2D eigenvalue weighted by Gasteiger charge is -2.10. The number of methoxy groups -OCH3 is 2. The number of ether oxygens (including phenoxy) is 2. The second-order valence-electron chi connectivity index (χ2n) is 4.73. The van der Waals surface area contributed by atoms with E-state index in [1.807, 2.05) is 18.2 Å². The van der Waals surface area contributed by atoms with Crippen LogP contribution in [0.25, 0.3) is 11.3 Å². The number of aromatic nitrogens is 1. The third-order valence-electron chi connectivity index (χ3n) is 2.97. The zero-order valence-corrected chi connectivity index (χ0v) is 12.3. The van der Waals surface area contributed by atoms with Gasteiger partial charge in [0.2, 0.25) is 0 Å². The lowest BCUT2D eigenvalue weighted by Crippen LogP contribution is -2.22. The summed E-state index contributed by atoms with van der Waals surface area (Å²) in [6.07, 6.45) is 1.45. The average molecular weight is 276 g/mol. The van der Waals surface area contributed by atoms with Crippen LogP contribution >= 0.6 is 0 Å². The number of benzene rings is 1. The van der Waals surface area contributed by atoms with E-state index in [0.717, 1.165) is 22.8 Å². The van der Waals surface area contributed by atoms with E-state index in [4.69, 9.17) is 13.9 Å². The van der Waals surface area contributed by atoms with Crippen molar-refractivity contribution in [2.24, 2.45) is 0 Å². The highest BCUT2D eigenvalue weighted by molar-refractivity contribution is 5.68. The molecule has 5 nitrogen and oxygen atoms in total. The SMILES string of the molecule is COc1ccc(-c2ocnc2CNC(C)C)c(OC)c1. The summed E-state index contributed by atoms with van der Waals surface area (Å²) in [5, 5.41) is 3.33. The fourth-order valence-corrected chi connectivity index (χ4v) is 1.90.